The molecular formula is ClFFeLiO. The molecule has 0 fully saturated rings. The van der Waals surface area contributed by atoms with Gasteiger partial charge in [-0.05, 0) is 0 Å². The minimum Gasteiger partial charge on any atom is 0 e. The van der Waals surface area contributed by atoms with Gasteiger partial charge in [0.15, 0.2) is 0 Å². The van der Waals surface area contributed by atoms with E-state index in [0.29, 0.717) is 0 Å². The Labute approximate surface area is 58.6 Å². The second kappa shape index (κ2) is 58.1. The third-order valence-corrected chi connectivity index (χ3v) is 0. The Balaban J connectivity index is 0. The topological polar surface area (TPSA) is 28.5 Å². The van der Waals surface area contributed by atoms with E-state index in [0.717, 1.165) is 0 Å². The van der Waals surface area contributed by atoms with E-state index >= 15 is 0 Å². The van der Waals surface area contributed by atoms with Crippen LogP contribution in [-0.2, 0) is 22.5 Å². The molecule has 0 unspecified atom stereocenters. The molecule has 0 aliphatic heterocycles. The summed E-state index contributed by atoms with van der Waals surface area (Å²) in [6.45, 7) is 0. The van der Waals surface area contributed by atoms with Gasteiger partial charge in [0, 0.05) is 58.5 Å². The average molecular weight is 133 g/mol. The maximum Gasteiger partial charge on any atom is 0 e. The van der Waals surface area contributed by atoms with Crippen molar-refractivity contribution in [1.82, 2.24) is 0 Å². The Morgan fingerprint density at radius 3 is 1.00 bits per heavy atom. The van der Waals surface area contributed by atoms with Crippen LogP contribution in [-0.4, -0.2) is 18.9 Å². The standard InChI is InChI=1S/Cl.F.Fe.Li.O. The van der Waals surface area contributed by atoms with Gasteiger partial charge in [0.05, 0.1) is 0 Å². The third kappa shape index (κ3) is 34.2. The Morgan fingerprint density at radius 1 is 1.00 bits per heavy atom. The monoisotopic (exact) mass is 133 g/mol. The summed E-state index contributed by atoms with van der Waals surface area (Å²) in [6, 6.07) is 0. The van der Waals surface area contributed by atoms with Gasteiger partial charge in [-0.3, -0.25) is 0 Å². The summed E-state index contributed by atoms with van der Waals surface area (Å²) in [5, 5.41) is 0. The predicted molar refractivity (Wildman–Crippen MR) is 13.4 cm³/mol. The van der Waals surface area contributed by atoms with Crippen LogP contribution in [0.2, 0.25) is 0 Å². The molecule has 0 bridgehead atoms. The van der Waals surface area contributed by atoms with Crippen LogP contribution in [0.3, 0.4) is 0 Å². The minimum atomic E-state index is 0. The molecule has 0 heterocycles. The molecule has 5 heavy (non-hydrogen) atoms. The molecule has 0 aliphatic carbocycles. The Hall–Kier alpha value is 1.30. The van der Waals surface area contributed by atoms with Gasteiger partial charge in [-0.15, -0.1) is 0 Å². The van der Waals surface area contributed by atoms with Crippen molar-refractivity contribution >= 4 is 31.3 Å². The fourth-order valence-electron chi connectivity index (χ4n) is 0. The molecule has 1 nitrogen and oxygen atoms in total. The van der Waals surface area contributed by atoms with Gasteiger partial charge in [0.1, 0.15) is 0 Å². The normalized spacial score (nSPS) is 0. The summed E-state index contributed by atoms with van der Waals surface area (Å²) in [6.07, 6.45) is 0. The van der Waals surface area contributed by atoms with Gasteiger partial charge in [0.2, 0.25) is 0 Å². The van der Waals surface area contributed by atoms with E-state index < -0.39 is 0 Å². The predicted octanol–water partition coefficient (Wildman–Crippen LogP) is 0.608. The van der Waals surface area contributed by atoms with E-state index in [4.69, 9.17) is 0 Å². The van der Waals surface area contributed by atoms with Crippen LogP contribution in [0.5, 0.6) is 0 Å². The first kappa shape index (κ1) is 105. The molecule has 0 aromatic heterocycles. The van der Waals surface area contributed by atoms with Crippen LogP contribution < -0.4 is 0 Å². The van der Waals surface area contributed by atoms with Crippen molar-refractivity contribution in [2.75, 3.05) is 0 Å². The largest absolute Gasteiger partial charge is 0 e. The number of hydrogen-bond donors (Lipinski definition) is 0. The average Bonchev–Trinajstić information content (AvgIpc) is 0. The van der Waals surface area contributed by atoms with Crippen LogP contribution >= 0.6 is 12.4 Å². The first-order chi connectivity index (χ1) is 0. The molecule has 5 radical (unpaired) electrons. The van der Waals surface area contributed by atoms with E-state index in [1.165, 1.54) is 0 Å². The zero-order valence-electron chi connectivity index (χ0n) is 2.52. The molecule has 0 N–H and O–H groups in total. The maximum absolute atomic E-state index is 0. The van der Waals surface area contributed by atoms with Gasteiger partial charge in [-0.1, -0.05) is 0 Å². The minimum absolute atomic E-state index is 0. The van der Waals surface area contributed by atoms with E-state index in [9.17, 15) is 0 Å². The van der Waals surface area contributed by atoms with E-state index in [1.54, 1.807) is 0 Å². The van der Waals surface area contributed by atoms with Crippen molar-refractivity contribution in [1.29, 1.82) is 0 Å². The Morgan fingerprint density at radius 2 is 1.00 bits per heavy atom. The molecular weight excluding hydrogens is 133 g/mol. The summed E-state index contributed by atoms with van der Waals surface area (Å²) in [5.41, 5.74) is 0. The van der Waals surface area contributed by atoms with Gasteiger partial charge < -0.3 is 0 Å². The van der Waals surface area contributed by atoms with Gasteiger partial charge in [-0.2, -0.15) is 0 Å². The van der Waals surface area contributed by atoms with Crippen LogP contribution in [0.25, 0.3) is 0 Å². The fraction of sp³-hybridized carbons (Fsp3) is 0. The van der Waals surface area contributed by atoms with E-state index in [1.807, 2.05) is 0 Å². The van der Waals surface area contributed by atoms with Crippen LogP contribution in [0, 0.1) is 0 Å². The molecule has 0 saturated carbocycles. The van der Waals surface area contributed by atoms with E-state index in [2.05, 4.69) is 0 Å². The molecule has 0 aliphatic rings. The smallest absolute Gasteiger partial charge is 0 e. The molecule has 0 rings (SSSR count). The summed E-state index contributed by atoms with van der Waals surface area (Å²) >= 11 is 0. The first-order valence-electron chi connectivity index (χ1n) is 0. The van der Waals surface area contributed by atoms with Crippen molar-refractivity contribution in [2.24, 2.45) is 0 Å². The zero-order chi connectivity index (χ0) is 0. The third-order valence-electron chi connectivity index (χ3n) is 0. The van der Waals surface area contributed by atoms with Crippen molar-refractivity contribution < 1.29 is 27.2 Å². The molecule has 0 saturated heterocycles. The molecule has 0 aromatic rings. The quantitative estimate of drug-likeness (QED) is 0.433. The number of rotatable bonds is 0. The molecule has 5 heteroatoms. The van der Waals surface area contributed by atoms with Crippen LogP contribution in [0.1, 0.15) is 0 Å². The fourth-order valence-corrected chi connectivity index (χ4v) is 0. The van der Waals surface area contributed by atoms with E-state index in [-0.39, 0.29) is 58.5 Å². The molecule has 29 valence electrons. The first-order valence-corrected chi connectivity index (χ1v) is 0. The van der Waals surface area contributed by atoms with Crippen molar-refractivity contribution in [3.05, 3.63) is 0 Å². The second-order valence-electron chi connectivity index (χ2n) is 0. The number of halogens is 2. The van der Waals surface area contributed by atoms with Gasteiger partial charge in [-0.25, -0.2) is 0 Å². The molecule has 0 spiro atoms. The summed E-state index contributed by atoms with van der Waals surface area (Å²) in [5.74, 6) is 0. The van der Waals surface area contributed by atoms with Crippen molar-refractivity contribution in [3.8, 4) is 0 Å². The second-order valence-corrected chi connectivity index (χ2v) is 0. The molecule has 0 aromatic carbocycles. The number of hydrogen-bond acceptors (Lipinski definition) is 0. The molecule has 0 atom stereocenters. The molecule has 0 amide bonds. The SMILES string of the molecule is [Cl].[F].[Fe].[Li].[O]. The summed E-state index contributed by atoms with van der Waals surface area (Å²) in [4.78, 5) is 0. The summed E-state index contributed by atoms with van der Waals surface area (Å²) in [7, 11) is 0. The Kier molecular flexibility index (Phi) is 1220. The summed E-state index contributed by atoms with van der Waals surface area (Å²) < 4.78 is 0. The van der Waals surface area contributed by atoms with Crippen LogP contribution in [0.4, 0.5) is 4.70 Å². The van der Waals surface area contributed by atoms with Gasteiger partial charge >= 0.3 is 0 Å². The van der Waals surface area contributed by atoms with Crippen molar-refractivity contribution in [2.45, 2.75) is 0 Å². The van der Waals surface area contributed by atoms with Crippen LogP contribution in [0.15, 0.2) is 0 Å². The zero-order valence-corrected chi connectivity index (χ0v) is 4.38. The van der Waals surface area contributed by atoms with Crippen molar-refractivity contribution in [3.63, 3.8) is 0 Å². The maximum atomic E-state index is 0. The Bertz CT molecular complexity index is 11.6. The van der Waals surface area contributed by atoms with Gasteiger partial charge in [0.25, 0.3) is 0 Å².